The number of hydrogen-bond acceptors (Lipinski definition) is 7. The normalized spacial score (nSPS) is 18.2. The van der Waals surface area contributed by atoms with Crippen LogP contribution in [0.3, 0.4) is 0 Å². The fourth-order valence-corrected chi connectivity index (χ4v) is 4.46. The second-order valence-corrected chi connectivity index (χ2v) is 9.21. The average molecular weight is 391 g/mol. The van der Waals surface area contributed by atoms with Crippen LogP contribution in [-0.2, 0) is 16.4 Å². The van der Waals surface area contributed by atoms with Gasteiger partial charge in [-0.05, 0) is 29.7 Å². The van der Waals surface area contributed by atoms with Crippen LogP contribution in [0.4, 0.5) is 11.6 Å². The third kappa shape index (κ3) is 4.22. The van der Waals surface area contributed by atoms with E-state index in [9.17, 15) is 13.5 Å². The molecule has 1 N–H and O–H groups in total. The lowest BCUT2D eigenvalue weighted by atomic mass is 9.99. The quantitative estimate of drug-likeness (QED) is 0.832. The Morgan fingerprint density at radius 3 is 2.52 bits per heavy atom. The number of aliphatic hydroxyl groups excluding tert-OH is 1. The molecule has 0 spiro atoms. The van der Waals surface area contributed by atoms with Crippen LogP contribution in [0.25, 0.3) is 0 Å². The molecule has 1 atom stereocenters. The van der Waals surface area contributed by atoms with Gasteiger partial charge in [-0.2, -0.15) is 0 Å². The predicted octanol–water partition coefficient (Wildman–Crippen LogP) is 1.72. The van der Waals surface area contributed by atoms with Crippen molar-refractivity contribution in [2.75, 3.05) is 35.7 Å². The minimum Gasteiger partial charge on any atom is -0.392 e. The van der Waals surface area contributed by atoms with Crippen LogP contribution in [0, 0.1) is 5.92 Å². The van der Waals surface area contributed by atoms with Gasteiger partial charge >= 0.3 is 0 Å². The molecule has 7 nitrogen and oxygen atoms in total. The van der Waals surface area contributed by atoms with Gasteiger partial charge in [0.2, 0.25) is 5.95 Å². The molecule has 3 rings (SSSR count). The van der Waals surface area contributed by atoms with Crippen LogP contribution in [0.1, 0.15) is 19.4 Å². The van der Waals surface area contributed by atoms with Gasteiger partial charge in [0.25, 0.3) is 0 Å². The van der Waals surface area contributed by atoms with Crippen molar-refractivity contribution in [1.29, 1.82) is 0 Å². The molecule has 1 aliphatic rings. The van der Waals surface area contributed by atoms with E-state index in [1.807, 2.05) is 6.07 Å². The van der Waals surface area contributed by atoms with Crippen molar-refractivity contribution in [2.24, 2.45) is 5.92 Å². The molecular formula is C19H26N4O3S. The molecule has 0 unspecified atom stereocenters. The van der Waals surface area contributed by atoms with Crippen molar-refractivity contribution in [3.63, 3.8) is 0 Å². The number of benzene rings is 1. The highest BCUT2D eigenvalue weighted by molar-refractivity contribution is 7.90. The van der Waals surface area contributed by atoms with Gasteiger partial charge in [-0.25, -0.2) is 18.4 Å². The van der Waals surface area contributed by atoms with Crippen molar-refractivity contribution < 1.29 is 13.5 Å². The molecule has 1 aromatic heterocycles. The standard InChI is InChI=1S/C19H26N4O3S/c1-14(2)17-12-22(9-10-23(17)19-20-7-4-8-21-19)16-6-5-15(13-24)18(11-16)27(3,25)26/h4-8,11,14,17,24H,9-10,12-13H2,1-3H3/t17-/m0/s1. The first-order chi connectivity index (χ1) is 12.8. The van der Waals surface area contributed by atoms with Crippen LogP contribution >= 0.6 is 0 Å². The average Bonchev–Trinajstić information content (AvgIpc) is 2.67. The number of nitrogens with zero attached hydrogens (tertiary/aromatic N) is 4. The van der Waals surface area contributed by atoms with E-state index in [0.717, 1.165) is 31.3 Å². The van der Waals surface area contributed by atoms with Crippen LogP contribution in [0.2, 0.25) is 0 Å². The number of hydrogen-bond donors (Lipinski definition) is 1. The van der Waals surface area contributed by atoms with Gasteiger partial charge in [-0.15, -0.1) is 0 Å². The minimum absolute atomic E-state index is 0.192. The lowest BCUT2D eigenvalue weighted by molar-refractivity contribution is 0.278. The van der Waals surface area contributed by atoms with Crippen LogP contribution in [0.15, 0.2) is 41.6 Å². The largest absolute Gasteiger partial charge is 0.392 e. The second-order valence-electron chi connectivity index (χ2n) is 7.22. The lowest BCUT2D eigenvalue weighted by Crippen LogP contribution is -2.56. The monoisotopic (exact) mass is 390 g/mol. The first-order valence-electron chi connectivity index (χ1n) is 9.03. The summed E-state index contributed by atoms with van der Waals surface area (Å²) in [6.07, 6.45) is 4.67. The molecular weight excluding hydrogens is 364 g/mol. The summed E-state index contributed by atoms with van der Waals surface area (Å²) < 4.78 is 24.2. The van der Waals surface area contributed by atoms with E-state index in [4.69, 9.17) is 0 Å². The van der Waals surface area contributed by atoms with Crippen molar-refractivity contribution in [2.45, 2.75) is 31.4 Å². The van der Waals surface area contributed by atoms with Crippen LogP contribution in [0.5, 0.6) is 0 Å². The molecule has 0 bridgehead atoms. The van der Waals surface area contributed by atoms with E-state index in [-0.39, 0.29) is 17.5 Å². The highest BCUT2D eigenvalue weighted by atomic mass is 32.2. The molecule has 2 aromatic rings. The van der Waals surface area contributed by atoms with E-state index in [1.54, 1.807) is 30.6 Å². The number of anilines is 2. The highest BCUT2D eigenvalue weighted by Crippen LogP contribution is 2.28. The summed E-state index contributed by atoms with van der Waals surface area (Å²) in [4.78, 5) is 13.4. The predicted molar refractivity (Wildman–Crippen MR) is 106 cm³/mol. The summed E-state index contributed by atoms with van der Waals surface area (Å²) in [7, 11) is -3.41. The van der Waals surface area contributed by atoms with Crippen LogP contribution < -0.4 is 9.80 Å². The minimum atomic E-state index is -3.41. The van der Waals surface area contributed by atoms with E-state index in [2.05, 4.69) is 33.6 Å². The fourth-order valence-electron chi connectivity index (χ4n) is 3.52. The molecule has 0 saturated carbocycles. The molecule has 0 radical (unpaired) electrons. The van der Waals surface area contributed by atoms with Gasteiger partial charge in [-0.3, -0.25) is 0 Å². The van der Waals surface area contributed by atoms with Crippen molar-refractivity contribution >= 4 is 21.5 Å². The first kappa shape index (κ1) is 19.6. The van der Waals surface area contributed by atoms with Gasteiger partial charge < -0.3 is 14.9 Å². The Labute approximate surface area is 160 Å². The van der Waals surface area contributed by atoms with E-state index < -0.39 is 9.84 Å². The number of piperazine rings is 1. The summed E-state index contributed by atoms with van der Waals surface area (Å²) in [5.74, 6) is 1.10. The van der Waals surface area contributed by atoms with Gasteiger partial charge in [0.15, 0.2) is 9.84 Å². The second kappa shape index (κ2) is 7.82. The third-order valence-corrected chi connectivity index (χ3v) is 6.16. The lowest BCUT2D eigenvalue weighted by Gasteiger charge is -2.44. The molecule has 27 heavy (non-hydrogen) atoms. The van der Waals surface area contributed by atoms with Crippen molar-refractivity contribution in [3.8, 4) is 0 Å². The summed E-state index contributed by atoms with van der Waals surface area (Å²) in [6, 6.07) is 7.27. The Kier molecular flexibility index (Phi) is 5.67. The number of sulfone groups is 1. The molecule has 0 amide bonds. The Bertz CT molecular complexity index is 887. The fraction of sp³-hybridized carbons (Fsp3) is 0.474. The molecule has 1 aromatic carbocycles. The SMILES string of the molecule is CC(C)[C@@H]1CN(c2ccc(CO)c(S(C)(=O)=O)c2)CCN1c1ncccn1. The number of aromatic nitrogens is 2. The van der Waals surface area contributed by atoms with Gasteiger partial charge in [0.1, 0.15) is 0 Å². The van der Waals surface area contributed by atoms with E-state index in [1.165, 1.54) is 6.26 Å². The maximum absolute atomic E-state index is 12.1. The Morgan fingerprint density at radius 1 is 1.22 bits per heavy atom. The number of aliphatic hydroxyl groups is 1. The third-order valence-electron chi connectivity index (χ3n) is 4.98. The van der Waals surface area contributed by atoms with Gasteiger partial charge in [-0.1, -0.05) is 19.9 Å². The van der Waals surface area contributed by atoms with E-state index in [0.29, 0.717) is 11.5 Å². The van der Waals surface area contributed by atoms with E-state index >= 15 is 0 Å². The topological polar surface area (TPSA) is 86.6 Å². The number of rotatable bonds is 5. The zero-order valence-electron chi connectivity index (χ0n) is 15.9. The van der Waals surface area contributed by atoms with Crippen molar-refractivity contribution in [3.05, 3.63) is 42.2 Å². The maximum Gasteiger partial charge on any atom is 0.225 e. The molecule has 8 heteroatoms. The van der Waals surface area contributed by atoms with Crippen LogP contribution in [-0.4, -0.2) is 55.4 Å². The van der Waals surface area contributed by atoms with Crippen molar-refractivity contribution in [1.82, 2.24) is 9.97 Å². The summed E-state index contributed by atoms with van der Waals surface area (Å²) >= 11 is 0. The molecule has 1 fully saturated rings. The molecule has 1 saturated heterocycles. The zero-order valence-corrected chi connectivity index (χ0v) is 16.7. The molecule has 1 aliphatic heterocycles. The molecule has 2 heterocycles. The summed E-state index contributed by atoms with van der Waals surface area (Å²) in [5.41, 5.74) is 1.28. The summed E-state index contributed by atoms with van der Waals surface area (Å²) in [6.45, 7) is 6.28. The Balaban J connectivity index is 1.90. The Hall–Kier alpha value is -2.19. The maximum atomic E-state index is 12.1. The Morgan fingerprint density at radius 2 is 1.93 bits per heavy atom. The highest BCUT2D eigenvalue weighted by Gasteiger charge is 2.31. The van der Waals surface area contributed by atoms with Gasteiger partial charge in [0.05, 0.1) is 17.5 Å². The first-order valence-corrected chi connectivity index (χ1v) is 10.9. The zero-order chi connectivity index (χ0) is 19.6. The molecule has 146 valence electrons. The smallest absolute Gasteiger partial charge is 0.225 e. The molecule has 0 aliphatic carbocycles. The van der Waals surface area contributed by atoms with Gasteiger partial charge in [0, 0.05) is 44.0 Å². The summed E-state index contributed by atoms with van der Waals surface area (Å²) in [5, 5.41) is 9.46.